The second-order valence-electron chi connectivity index (χ2n) is 3.24. The van der Waals surface area contributed by atoms with Crippen molar-refractivity contribution in [2.75, 3.05) is 6.61 Å². The lowest BCUT2D eigenvalue weighted by Crippen LogP contribution is -2.54. The van der Waals surface area contributed by atoms with Crippen LogP contribution < -0.4 is 5.73 Å². The average Bonchev–Trinajstić information content (AvgIpc) is 2.09. The van der Waals surface area contributed by atoms with Crippen LogP contribution in [0, 0.1) is 0 Å². The average molecular weight is 243 g/mol. The highest BCUT2D eigenvalue weighted by molar-refractivity contribution is 7.80. The van der Waals surface area contributed by atoms with E-state index in [0.29, 0.717) is 0 Å². The van der Waals surface area contributed by atoms with Crippen LogP contribution in [0.2, 0.25) is 0 Å². The molecule has 90 valence electrons. The molecule has 0 spiro atoms. The van der Waals surface area contributed by atoms with Gasteiger partial charge in [0.15, 0.2) is 6.29 Å². The van der Waals surface area contributed by atoms with Crippen molar-refractivity contribution in [1.29, 1.82) is 0 Å². The van der Waals surface area contributed by atoms with E-state index in [1.165, 1.54) is 0 Å². The van der Waals surface area contributed by atoms with Crippen LogP contribution in [-0.4, -0.2) is 54.3 Å². The predicted molar refractivity (Wildman–Crippen MR) is 47.0 cm³/mol. The summed E-state index contributed by atoms with van der Waals surface area (Å²) in [6.07, 6.45) is -3.21. The molecular weight excluding hydrogens is 230 g/mol. The Balaban J connectivity index is 2.45. The molecule has 5 N–H and O–H groups in total. The van der Waals surface area contributed by atoms with E-state index in [1.54, 1.807) is 0 Å². The zero-order chi connectivity index (χ0) is 11.6. The third kappa shape index (κ3) is 3.99. The molecule has 1 heterocycles. The standard InChI is InChI=1S/C6H13NO7S/c7-5-4(8)1-3(14-6(5)9)2-13-15(10,11)12/h3-6,8-9H,1-2,7H2,(H,10,11,12)/t3?,4-,5?,6+/m1/s1. The number of ether oxygens (including phenoxy) is 1. The van der Waals surface area contributed by atoms with Crippen molar-refractivity contribution in [2.45, 2.75) is 31.0 Å². The minimum absolute atomic E-state index is 0.0216. The monoisotopic (exact) mass is 243 g/mol. The Morgan fingerprint density at radius 2 is 2.07 bits per heavy atom. The van der Waals surface area contributed by atoms with Gasteiger partial charge in [-0.3, -0.25) is 4.55 Å². The van der Waals surface area contributed by atoms with Crippen LogP contribution in [0.25, 0.3) is 0 Å². The first kappa shape index (κ1) is 12.8. The van der Waals surface area contributed by atoms with Crippen molar-refractivity contribution in [3.05, 3.63) is 0 Å². The molecule has 0 aliphatic carbocycles. The van der Waals surface area contributed by atoms with Gasteiger partial charge in [0.2, 0.25) is 0 Å². The maximum absolute atomic E-state index is 10.2. The van der Waals surface area contributed by atoms with E-state index in [1.807, 2.05) is 0 Å². The fourth-order valence-corrected chi connectivity index (χ4v) is 1.55. The van der Waals surface area contributed by atoms with Crippen molar-refractivity contribution in [1.82, 2.24) is 0 Å². The van der Waals surface area contributed by atoms with Gasteiger partial charge in [-0.2, -0.15) is 8.42 Å². The van der Waals surface area contributed by atoms with Crippen LogP contribution in [0.1, 0.15) is 6.42 Å². The molecule has 0 aromatic rings. The fraction of sp³-hybridized carbons (Fsp3) is 1.00. The third-order valence-corrected chi connectivity index (χ3v) is 2.45. The van der Waals surface area contributed by atoms with Gasteiger partial charge in [0, 0.05) is 6.42 Å². The van der Waals surface area contributed by atoms with E-state index in [-0.39, 0.29) is 6.42 Å². The fourth-order valence-electron chi connectivity index (χ4n) is 1.23. The molecule has 0 saturated carbocycles. The van der Waals surface area contributed by atoms with E-state index >= 15 is 0 Å². The summed E-state index contributed by atoms with van der Waals surface area (Å²) < 4.78 is 37.6. The summed E-state index contributed by atoms with van der Waals surface area (Å²) in [7, 11) is -4.55. The van der Waals surface area contributed by atoms with Crippen LogP contribution >= 0.6 is 0 Å². The van der Waals surface area contributed by atoms with Gasteiger partial charge in [0.25, 0.3) is 0 Å². The summed E-state index contributed by atoms with van der Waals surface area (Å²) in [5.74, 6) is 0. The molecule has 1 fully saturated rings. The number of nitrogens with two attached hydrogens (primary N) is 1. The maximum Gasteiger partial charge on any atom is 0.397 e. The van der Waals surface area contributed by atoms with E-state index in [0.717, 1.165) is 0 Å². The second kappa shape index (κ2) is 4.70. The number of aliphatic hydroxyl groups excluding tert-OH is 2. The molecule has 1 aliphatic heterocycles. The molecule has 4 atom stereocenters. The Hall–Kier alpha value is -0.290. The van der Waals surface area contributed by atoms with Gasteiger partial charge in [0.1, 0.15) is 0 Å². The van der Waals surface area contributed by atoms with E-state index in [2.05, 4.69) is 4.18 Å². The van der Waals surface area contributed by atoms with Crippen LogP contribution in [0.4, 0.5) is 0 Å². The normalized spacial score (nSPS) is 37.9. The lowest BCUT2D eigenvalue weighted by molar-refractivity contribution is -0.206. The van der Waals surface area contributed by atoms with E-state index in [4.69, 9.17) is 15.0 Å². The van der Waals surface area contributed by atoms with Gasteiger partial charge in [0.05, 0.1) is 24.9 Å². The molecule has 2 unspecified atom stereocenters. The minimum atomic E-state index is -4.55. The third-order valence-electron chi connectivity index (χ3n) is 2.01. The molecule has 9 heteroatoms. The number of hydrogen-bond acceptors (Lipinski definition) is 7. The molecule has 0 amide bonds. The molecule has 1 aliphatic rings. The second-order valence-corrected chi connectivity index (χ2v) is 4.33. The SMILES string of the molecule is NC1[C@H](O)CC(COS(=O)(=O)O)O[C@@H]1O. The summed E-state index contributed by atoms with van der Waals surface area (Å²) in [6, 6.07) is -0.938. The molecule has 15 heavy (non-hydrogen) atoms. The Labute approximate surface area is 86.6 Å². The Kier molecular flexibility index (Phi) is 4.00. The van der Waals surface area contributed by atoms with Gasteiger partial charge in [-0.1, -0.05) is 0 Å². The zero-order valence-corrected chi connectivity index (χ0v) is 8.50. The van der Waals surface area contributed by atoms with Crippen molar-refractivity contribution in [3.63, 3.8) is 0 Å². The Morgan fingerprint density at radius 1 is 1.47 bits per heavy atom. The first-order chi connectivity index (χ1) is 6.79. The predicted octanol–water partition coefficient (Wildman–Crippen LogP) is -2.40. The highest BCUT2D eigenvalue weighted by Gasteiger charge is 2.34. The van der Waals surface area contributed by atoms with Crippen molar-refractivity contribution >= 4 is 10.4 Å². The van der Waals surface area contributed by atoms with Gasteiger partial charge in [-0.15, -0.1) is 0 Å². The molecule has 8 nitrogen and oxygen atoms in total. The van der Waals surface area contributed by atoms with Crippen molar-refractivity contribution in [3.8, 4) is 0 Å². The molecular formula is C6H13NO7S. The maximum atomic E-state index is 10.2. The lowest BCUT2D eigenvalue weighted by Gasteiger charge is -2.34. The molecule has 0 aromatic carbocycles. The van der Waals surface area contributed by atoms with Crippen LogP contribution in [-0.2, 0) is 19.3 Å². The highest BCUT2D eigenvalue weighted by atomic mass is 32.3. The minimum Gasteiger partial charge on any atom is -0.391 e. The smallest absolute Gasteiger partial charge is 0.391 e. The topological polar surface area (TPSA) is 139 Å². The van der Waals surface area contributed by atoms with Crippen LogP contribution in [0.3, 0.4) is 0 Å². The highest BCUT2D eigenvalue weighted by Crippen LogP contribution is 2.18. The quantitative estimate of drug-likeness (QED) is 0.402. The lowest BCUT2D eigenvalue weighted by atomic mass is 10.0. The first-order valence-electron chi connectivity index (χ1n) is 4.18. The number of aliphatic hydroxyl groups is 2. The molecule has 1 rings (SSSR count). The Bertz CT molecular complexity index is 293. The van der Waals surface area contributed by atoms with Gasteiger partial charge < -0.3 is 20.7 Å². The van der Waals surface area contributed by atoms with Crippen LogP contribution in [0.15, 0.2) is 0 Å². The summed E-state index contributed by atoms with van der Waals surface area (Å²) in [5, 5.41) is 18.5. The number of hydrogen-bond donors (Lipinski definition) is 4. The molecule has 0 aromatic heterocycles. The Morgan fingerprint density at radius 3 is 2.53 bits per heavy atom. The summed E-state index contributed by atoms with van der Waals surface area (Å²) in [4.78, 5) is 0. The number of rotatable bonds is 3. The summed E-state index contributed by atoms with van der Waals surface area (Å²) in [5.41, 5.74) is 5.33. The first-order valence-corrected chi connectivity index (χ1v) is 5.55. The van der Waals surface area contributed by atoms with Gasteiger partial charge in [-0.25, -0.2) is 4.18 Å². The molecule has 1 saturated heterocycles. The van der Waals surface area contributed by atoms with Crippen molar-refractivity contribution in [2.24, 2.45) is 5.73 Å². The molecule has 0 bridgehead atoms. The molecule has 0 radical (unpaired) electrons. The van der Waals surface area contributed by atoms with E-state index in [9.17, 15) is 18.6 Å². The van der Waals surface area contributed by atoms with Gasteiger partial charge >= 0.3 is 10.4 Å². The van der Waals surface area contributed by atoms with Gasteiger partial charge in [-0.05, 0) is 0 Å². The van der Waals surface area contributed by atoms with E-state index < -0.39 is 41.5 Å². The largest absolute Gasteiger partial charge is 0.397 e. The van der Waals surface area contributed by atoms with Crippen LogP contribution in [0.5, 0.6) is 0 Å². The zero-order valence-electron chi connectivity index (χ0n) is 7.68. The summed E-state index contributed by atoms with van der Waals surface area (Å²) in [6.45, 7) is -0.486. The van der Waals surface area contributed by atoms with Crippen molar-refractivity contribution < 1.29 is 32.1 Å². The summed E-state index contributed by atoms with van der Waals surface area (Å²) >= 11 is 0.